The molecule has 23 heavy (non-hydrogen) atoms. The third-order valence-electron chi connectivity index (χ3n) is 3.30. The number of amides is 1. The molecule has 0 aliphatic heterocycles. The number of rotatable bonds is 7. The van der Waals surface area contributed by atoms with Gasteiger partial charge in [-0.3, -0.25) is 4.79 Å². The van der Waals surface area contributed by atoms with Crippen molar-refractivity contribution in [2.24, 2.45) is 4.99 Å². The van der Waals surface area contributed by atoms with Crippen LogP contribution < -0.4 is 10.6 Å². The van der Waals surface area contributed by atoms with E-state index in [1.54, 1.807) is 30.3 Å². The van der Waals surface area contributed by atoms with E-state index in [2.05, 4.69) is 53.9 Å². The normalized spacial score (nSPS) is 11.6. The standard InChI is InChI=1S/C16H28N4OS.HI/c1-6-9-17-15(18-11-14(21)20(4)5)19-12-16(2,3)13-8-7-10-22-13;/h7-8,10H,6,9,11-12H2,1-5H3,(H2,17,18,19);1H. The van der Waals surface area contributed by atoms with Gasteiger partial charge >= 0.3 is 0 Å². The molecule has 0 fully saturated rings. The van der Waals surface area contributed by atoms with E-state index in [9.17, 15) is 4.79 Å². The van der Waals surface area contributed by atoms with Gasteiger partial charge < -0.3 is 15.5 Å². The summed E-state index contributed by atoms with van der Waals surface area (Å²) in [5.41, 5.74) is 0.0222. The fraction of sp³-hybridized carbons (Fsp3) is 0.625. The van der Waals surface area contributed by atoms with E-state index in [1.807, 2.05) is 0 Å². The molecule has 0 saturated heterocycles. The van der Waals surface area contributed by atoms with E-state index < -0.39 is 0 Å². The van der Waals surface area contributed by atoms with Gasteiger partial charge in [0, 0.05) is 37.5 Å². The van der Waals surface area contributed by atoms with Crippen molar-refractivity contribution >= 4 is 47.2 Å². The van der Waals surface area contributed by atoms with E-state index in [0.29, 0.717) is 5.96 Å². The van der Waals surface area contributed by atoms with Crippen LogP contribution in [0.25, 0.3) is 0 Å². The zero-order valence-corrected chi connectivity index (χ0v) is 17.8. The molecule has 5 nitrogen and oxygen atoms in total. The van der Waals surface area contributed by atoms with Crippen molar-refractivity contribution in [1.29, 1.82) is 0 Å². The molecule has 0 radical (unpaired) electrons. The Morgan fingerprint density at radius 1 is 1.35 bits per heavy atom. The number of carbonyl (C=O) groups is 1. The highest BCUT2D eigenvalue weighted by atomic mass is 127. The van der Waals surface area contributed by atoms with Crippen LogP contribution in [0.5, 0.6) is 0 Å². The van der Waals surface area contributed by atoms with Crippen molar-refractivity contribution in [3.63, 3.8) is 0 Å². The molecule has 0 atom stereocenters. The maximum Gasteiger partial charge on any atom is 0.243 e. The zero-order chi connectivity index (χ0) is 16.6. The summed E-state index contributed by atoms with van der Waals surface area (Å²) in [7, 11) is 3.48. The van der Waals surface area contributed by atoms with Crippen molar-refractivity contribution in [3.8, 4) is 0 Å². The van der Waals surface area contributed by atoms with Crippen LogP contribution in [0.1, 0.15) is 32.1 Å². The van der Waals surface area contributed by atoms with Crippen molar-refractivity contribution in [2.75, 3.05) is 33.7 Å². The summed E-state index contributed by atoms with van der Waals surface area (Å²) in [6.07, 6.45) is 1.01. The number of thiophene rings is 1. The van der Waals surface area contributed by atoms with Gasteiger partial charge in [0.1, 0.15) is 6.54 Å². The third-order valence-corrected chi connectivity index (χ3v) is 4.54. The minimum atomic E-state index is -0.00452. The second-order valence-electron chi connectivity index (χ2n) is 6.09. The molecule has 0 bridgehead atoms. The first-order chi connectivity index (χ1) is 10.4. The predicted molar refractivity (Wildman–Crippen MR) is 110 cm³/mol. The van der Waals surface area contributed by atoms with E-state index >= 15 is 0 Å². The number of hydrogen-bond acceptors (Lipinski definition) is 3. The van der Waals surface area contributed by atoms with Crippen molar-refractivity contribution in [1.82, 2.24) is 15.5 Å². The molecule has 7 heteroatoms. The Morgan fingerprint density at radius 3 is 2.57 bits per heavy atom. The van der Waals surface area contributed by atoms with Gasteiger partial charge in [0.05, 0.1) is 0 Å². The van der Waals surface area contributed by atoms with Gasteiger partial charge in [-0.2, -0.15) is 0 Å². The summed E-state index contributed by atoms with van der Waals surface area (Å²) < 4.78 is 0. The third kappa shape index (κ3) is 8.01. The topological polar surface area (TPSA) is 56.7 Å². The molecule has 1 aromatic heterocycles. The Kier molecular flexibility index (Phi) is 10.5. The van der Waals surface area contributed by atoms with Crippen LogP contribution in [-0.4, -0.2) is 50.5 Å². The van der Waals surface area contributed by atoms with Crippen LogP contribution in [0.15, 0.2) is 22.5 Å². The van der Waals surface area contributed by atoms with Crippen LogP contribution in [0.3, 0.4) is 0 Å². The number of aliphatic imine (C=N–C) groups is 1. The van der Waals surface area contributed by atoms with E-state index in [4.69, 9.17) is 0 Å². The molecule has 1 aromatic rings. The number of likely N-dealkylation sites (N-methyl/N-ethyl adjacent to an activating group) is 1. The van der Waals surface area contributed by atoms with Gasteiger partial charge in [-0.05, 0) is 17.9 Å². The molecule has 0 aliphatic carbocycles. The summed E-state index contributed by atoms with van der Waals surface area (Å²) in [5.74, 6) is 0.691. The van der Waals surface area contributed by atoms with E-state index in [0.717, 1.165) is 19.5 Å². The van der Waals surface area contributed by atoms with Crippen LogP contribution in [-0.2, 0) is 10.2 Å². The highest BCUT2D eigenvalue weighted by Gasteiger charge is 2.22. The van der Waals surface area contributed by atoms with E-state index in [1.165, 1.54) is 4.88 Å². The molecule has 2 N–H and O–H groups in total. The van der Waals surface area contributed by atoms with Crippen molar-refractivity contribution in [2.45, 2.75) is 32.6 Å². The van der Waals surface area contributed by atoms with Gasteiger partial charge in [0.15, 0.2) is 5.96 Å². The van der Waals surface area contributed by atoms with E-state index in [-0.39, 0.29) is 41.8 Å². The largest absolute Gasteiger partial charge is 0.356 e. The molecule has 1 rings (SSSR count). The highest BCUT2D eigenvalue weighted by molar-refractivity contribution is 14.0. The molecule has 0 aliphatic rings. The Labute approximate surface area is 161 Å². The van der Waals surface area contributed by atoms with Crippen molar-refractivity contribution < 1.29 is 4.79 Å². The minimum absolute atomic E-state index is 0. The van der Waals surface area contributed by atoms with Gasteiger partial charge in [-0.25, -0.2) is 4.99 Å². The van der Waals surface area contributed by atoms with Gasteiger partial charge in [0.25, 0.3) is 0 Å². The molecular formula is C16H29IN4OS. The van der Waals surface area contributed by atoms with Crippen LogP contribution >= 0.6 is 35.3 Å². The number of halogens is 1. The Balaban J connectivity index is 0.00000484. The molecule has 132 valence electrons. The first kappa shape index (κ1) is 22.2. The maximum absolute atomic E-state index is 11.7. The van der Waals surface area contributed by atoms with Gasteiger partial charge in [0.2, 0.25) is 5.91 Å². The van der Waals surface area contributed by atoms with Gasteiger partial charge in [-0.1, -0.05) is 26.8 Å². The van der Waals surface area contributed by atoms with Crippen LogP contribution in [0, 0.1) is 0 Å². The first-order valence-corrected chi connectivity index (χ1v) is 8.51. The number of nitrogens with zero attached hydrogens (tertiary/aromatic N) is 2. The zero-order valence-electron chi connectivity index (χ0n) is 14.7. The lowest BCUT2D eigenvalue weighted by Crippen LogP contribution is -2.44. The van der Waals surface area contributed by atoms with Crippen LogP contribution in [0.4, 0.5) is 0 Å². The average molecular weight is 452 g/mol. The van der Waals surface area contributed by atoms with Crippen molar-refractivity contribution in [3.05, 3.63) is 22.4 Å². The van der Waals surface area contributed by atoms with Crippen LogP contribution in [0.2, 0.25) is 0 Å². The summed E-state index contributed by atoms with van der Waals surface area (Å²) in [5, 5.41) is 8.70. The predicted octanol–water partition coefficient (Wildman–Crippen LogP) is 2.68. The monoisotopic (exact) mass is 452 g/mol. The Bertz CT molecular complexity index is 486. The molecule has 0 saturated carbocycles. The Hall–Kier alpha value is -0.830. The lowest BCUT2D eigenvalue weighted by molar-refractivity contribution is -0.127. The second-order valence-corrected chi connectivity index (χ2v) is 7.04. The number of carbonyl (C=O) groups excluding carboxylic acids is 1. The SMILES string of the molecule is CCCNC(=NCC(=O)N(C)C)NCC(C)(C)c1cccs1.I. The number of nitrogens with one attached hydrogen (secondary N) is 2. The quantitative estimate of drug-likeness (QED) is 0.380. The lowest BCUT2D eigenvalue weighted by atomic mass is 9.91. The maximum atomic E-state index is 11.7. The Morgan fingerprint density at radius 2 is 2.04 bits per heavy atom. The summed E-state index contributed by atoms with van der Waals surface area (Å²) >= 11 is 1.76. The number of hydrogen-bond donors (Lipinski definition) is 2. The second kappa shape index (κ2) is 10.9. The summed E-state index contributed by atoms with van der Waals surface area (Å²) in [6.45, 7) is 8.26. The highest BCUT2D eigenvalue weighted by Crippen LogP contribution is 2.26. The minimum Gasteiger partial charge on any atom is -0.356 e. The number of guanidine groups is 1. The molecular weight excluding hydrogens is 423 g/mol. The molecule has 0 aromatic carbocycles. The molecule has 1 heterocycles. The average Bonchev–Trinajstić information content (AvgIpc) is 3.01. The molecule has 1 amide bonds. The molecule has 0 spiro atoms. The lowest BCUT2D eigenvalue weighted by Gasteiger charge is -2.25. The summed E-state index contributed by atoms with van der Waals surface area (Å²) in [6, 6.07) is 4.22. The summed E-state index contributed by atoms with van der Waals surface area (Å²) in [4.78, 5) is 18.9. The smallest absolute Gasteiger partial charge is 0.243 e. The first-order valence-electron chi connectivity index (χ1n) is 7.63. The van der Waals surface area contributed by atoms with Gasteiger partial charge in [-0.15, -0.1) is 35.3 Å². The molecule has 0 unspecified atom stereocenters. The fourth-order valence-electron chi connectivity index (χ4n) is 1.76. The fourth-order valence-corrected chi connectivity index (χ4v) is 2.61.